The van der Waals surface area contributed by atoms with Gasteiger partial charge in [-0.1, -0.05) is 13.0 Å². The molecule has 4 rings (SSSR count). The van der Waals surface area contributed by atoms with Gasteiger partial charge in [-0.05, 0) is 68.1 Å². The van der Waals surface area contributed by atoms with E-state index >= 15 is 0 Å². The summed E-state index contributed by atoms with van der Waals surface area (Å²) < 4.78 is 17.9. The van der Waals surface area contributed by atoms with Crippen molar-refractivity contribution in [1.82, 2.24) is 4.90 Å². The Morgan fingerprint density at radius 1 is 1.00 bits per heavy atom. The second-order valence-corrected chi connectivity index (χ2v) is 9.81. The standard InChI is InChI=1S/C29H36N2O5/c1-7-14-35-22-11-10-20(17-24(22)34-8-2)26-25-27(32)21-15-18(3)19(4)16-23(21)36-28(25)29(33)31(26)13-9-12-30(5)6/h10-11,15-17,26H,7-9,12-14H2,1-6H3/p+1. The molecule has 1 atom stereocenters. The summed E-state index contributed by atoms with van der Waals surface area (Å²) in [4.78, 5) is 30.6. The molecule has 7 nitrogen and oxygen atoms in total. The summed E-state index contributed by atoms with van der Waals surface area (Å²) in [5, 5.41) is 0.502. The molecule has 36 heavy (non-hydrogen) atoms. The first kappa shape index (κ1) is 25.8. The van der Waals surface area contributed by atoms with Crippen molar-refractivity contribution in [2.75, 3.05) is 40.4 Å². The number of fused-ring (bicyclic) bond motifs is 2. The van der Waals surface area contributed by atoms with Crippen LogP contribution in [0.15, 0.2) is 39.5 Å². The van der Waals surface area contributed by atoms with Gasteiger partial charge in [0.05, 0.1) is 50.8 Å². The van der Waals surface area contributed by atoms with Crippen molar-refractivity contribution < 1.29 is 23.6 Å². The van der Waals surface area contributed by atoms with Crippen LogP contribution >= 0.6 is 0 Å². The molecular weight excluding hydrogens is 456 g/mol. The highest BCUT2D eigenvalue weighted by Gasteiger charge is 2.42. The fourth-order valence-electron chi connectivity index (χ4n) is 4.75. The fourth-order valence-corrected chi connectivity index (χ4v) is 4.75. The Morgan fingerprint density at radius 2 is 1.75 bits per heavy atom. The van der Waals surface area contributed by atoms with Gasteiger partial charge in [-0.15, -0.1) is 0 Å². The van der Waals surface area contributed by atoms with E-state index < -0.39 is 6.04 Å². The number of nitrogens with one attached hydrogen (secondary N) is 1. The van der Waals surface area contributed by atoms with Crippen LogP contribution in [-0.4, -0.2) is 51.2 Å². The molecule has 0 bridgehead atoms. The molecular formula is C29H37N2O5+. The van der Waals surface area contributed by atoms with Crippen molar-refractivity contribution in [2.24, 2.45) is 0 Å². The molecule has 1 aromatic heterocycles. The normalized spacial score (nSPS) is 15.1. The highest BCUT2D eigenvalue weighted by atomic mass is 16.5. The zero-order valence-electron chi connectivity index (χ0n) is 22.2. The maximum absolute atomic E-state index is 13.9. The van der Waals surface area contributed by atoms with Gasteiger partial charge in [-0.2, -0.15) is 0 Å². The summed E-state index contributed by atoms with van der Waals surface area (Å²) in [6, 6.07) is 8.86. The lowest BCUT2D eigenvalue weighted by Gasteiger charge is -2.26. The average molecular weight is 494 g/mol. The number of carbonyl (C=O) groups is 1. The van der Waals surface area contributed by atoms with Gasteiger partial charge in [0.25, 0.3) is 5.91 Å². The van der Waals surface area contributed by atoms with E-state index in [0.29, 0.717) is 47.8 Å². The molecule has 1 aliphatic rings. The van der Waals surface area contributed by atoms with Crippen molar-refractivity contribution >= 4 is 16.9 Å². The summed E-state index contributed by atoms with van der Waals surface area (Å²) in [6.07, 6.45) is 1.69. The molecule has 1 unspecified atom stereocenters. The Hall–Kier alpha value is -3.32. The number of hydrogen-bond acceptors (Lipinski definition) is 5. The van der Waals surface area contributed by atoms with Gasteiger partial charge in [-0.25, -0.2) is 0 Å². The first-order valence-corrected chi connectivity index (χ1v) is 12.8. The second kappa shape index (κ2) is 10.7. The Labute approximate surface area is 212 Å². The number of amides is 1. The topological polar surface area (TPSA) is 73.4 Å². The Balaban J connectivity index is 1.88. The van der Waals surface area contributed by atoms with E-state index in [1.54, 1.807) is 4.90 Å². The SMILES string of the molecule is CCCOc1ccc(C2c3c(oc4cc(C)c(C)cc4c3=O)C(=O)N2CCC[NH+](C)C)cc1OCC. The van der Waals surface area contributed by atoms with E-state index in [-0.39, 0.29) is 17.1 Å². The highest BCUT2D eigenvalue weighted by molar-refractivity contribution is 5.99. The number of carbonyl (C=O) groups excluding carboxylic acids is 1. The van der Waals surface area contributed by atoms with Crippen LogP contribution in [0.1, 0.15) is 65.5 Å². The maximum Gasteiger partial charge on any atom is 0.290 e. The van der Waals surface area contributed by atoms with Gasteiger partial charge in [0.15, 0.2) is 16.9 Å². The van der Waals surface area contributed by atoms with E-state index in [0.717, 1.165) is 36.1 Å². The summed E-state index contributed by atoms with van der Waals surface area (Å²) >= 11 is 0. The van der Waals surface area contributed by atoms with Gasteiger partial charge >= 0.3 is 0 Å². The van der Waals surface area contributed by atoms with E-state index in [1.807, 2.05) is 51.1 Å². The average Bonchev–Trinajstić information content (AvgIpc) is 3.11. The van der Waals surface area contributed by atoms with Crippen LogP contribution in [0.5, 0.6) is 11.5 Å². The van der Waals surface area contributed by atoms with Crippen molar-refractivity contribution in [1.29, 1.82) is 0 Å². The Bertz CT molecular complexity index is 1330. The number of ether oxygens (including phenoxy) is 2. The van der Waals surface area contributed by atoms with Gasteiger partial charge in [-0.3, -0.25) is 9.59 Å². The molecule has 0 aliphatic carbocycles. The lowest BCUT2D eigenvalue weighted by atomic mass is 9.97. The van der Waals surface area contributed by atoms with Crippen molar-refractivity contribution in [3.8, 4) is 11.5 Å². The van der Waals surface area contributed by atoms with E-state index in [4.69, 9.17) is 13.9 Å². The van der Waals surface area contributed by atoms with E-state index in [9.17, 15) is 9.59 Å². The van der Waals surface area contributed by atoms with Crippen LogP contribution in [0.25, 0.3) is 11.0 Å². The van der Waals surface area contributed by atoms with Gasteiger partial charge in [0, 0.05) is 13.0 Å². The van der Waals surface area contributed by atoms with Crippen molar-refractivity contribution in [3.05, 3.63) is 68.6 Å². The monoisotopic (exact) mass is 493 g/mol. The molecule has 1 aliphatic heterocycles. The van der Waals surface area contributed by atoms with Crippen molar-refractivity contribution in [3.63, 3.8) is 0 Å². The molecule has 3 aromatic rings. The number of aryl methyl sites for hydroxylation is 2. The predicted octanol–water partition coefficient (Wildman–Crippen LogP) is 3.68. The number of rotatable bonds is 10. The largest absolute Gasteiger partial charge is 0.490 e. The number of benzene rings is 2. The minimum atomic E-state index is -0.550. The van der Waals surface area contributed by atoms with Crippen LogP contribution in [-0.2, 0) is 0 Å². The lowest BCUT2D eigenvalue weighted by Crippen LogP contribution is -3.05. The van der Waals surface area contributed by atoms with Crippen LogP contribution in [0.3, 0.4) is 0 Å². The summed E-state index contributed by atoms with van der Waals surface area (Å²) in [5.74, 6) is 1.16. The Kier molecular flexibility index (Phi) is 7.69. The molecule has 192 valence electrons. The van der Waals surface area contributed by atoms with Crippen LogP contribution < -0.4 is 19.8 Å². The third-order valence-corrected chi connectivity index (χ3v) is 6.70. The van der Waals surface area contributed by atoms with Crippen LogP contribution in [0.2, 0.25) is 0 Å². The molecule has 2 heterocycles. The molecule has 7 heteroatoms. The third-order valence-electron chi connectivity index (χ3n) is 6.70. The lowest BCUT2D eigenvalue weighted by molar-refractivity contribution is -0.858. The van der Waals surface area contributed by atoms with Crippen LogP contribution in [0.4, 0.5) is 0 Å². The first-order valence-electron chi connectivity index (χ1n) is 12.8. The van der Waals surface area contributed by atoms with Gasteiger partial charge in [0.1, 0.15) is 5.58 Å². The number of nitrogens with zero attached hydrogens (tertiary/aromatic N) is 1. The molecule has 0 saturated carbocycles. The minimum absolute atomic E-state index is 0.141. The third kappa shape index (κ3) is 4.85. The molecule has 1 amide bonds. The van der Waals surface area contributed by atoms with E-state index in [1.165, 1.54) is 4.90 Å². The summed E-state index contributed by atoms with van der Waals surface area (Å²) in [5.41, 5.74) is 3.53. The Morgan fingerprint density at radius 3 is 2.44 bits per heavy atom. The molecule has 1 N–H and O–H groups in total. The van der Waals surface area contributed by atoms with Gasteiger partial charge < -0.3 is 23.7 Å². The van der Waals surface area contributed by atoms with Crippen molar-refractivity contribution in [2.45, 2.75) is 46.6 Å². The molecule has 0 fully saturated rings. The molecule has 2 aromatic carbocycles. The number of hydrogen-bond donors (Lipinski definition) is 1. The molecule has 0 spiro atoms. The summed E-state index contributed by atoms with van der Waals surface area (Å²) in [6.45, 7) is 10.4. The zero-order chi connectivity index (χ0) is 26.0. The quantitative estimate of drug-likeness (QED) is 0.467. The minimum Gasteiger partial charge on any atom is -0.490 e. The van der Waals surface area contributed by atoms with Gasteiger partial charge in [0.2, 0.25) is 5.76 Å². The fraction of sp³-hybridized carbons (Fsp3) is 0.448. The first-order chi connectivity index (χ1) is 17.3. The second-order valence-electron chi connectivity index (χ2n) is 9.81. The summed E-state index contributed by atoms with van der Waals surface area (Å²) in [7, 11) is 4.17. The molecule has 0 radical (unpaired) electrons. The predicted molar refractivity (Wildman–Crippen MR) is 141 cm³/mol. The highest BCUT2D eigenvalue weighted by Crippen LogP contribution is 2.41. The maximum atomic E-state index is 13.9. The number of quaternary nitrogens is 1. The van der Waals surface area contributed by atoms with E-state index in [2.05, 4.69) is 21.0 Å². The smallest absolute Gasteiger partial charge is 0.290 e. The van der Waals surface area contributed by atoms with Crippen LogP contribution in [0, 0.1) is 13.8 Å². The molecule has 0 saturated heterocycles. The zero-order valence-corrected chi connectivity index (χ0v) is 22.2.